The zero-order valence-corrected chi connectivity index (χ0v) is 22.2. The van der Waals surface area contributed by atoms with Gasteiger partial charge in [0.25, 0.3) is 0 Å². The summed E-state index contributed by atoms with van der Waals surface area (Å²) in [6, 6.07) is 0. The number of ether oxygens (including phenoxy) is 1. The first-order valence-corrected chi connectivity index (χ1v) is 13.8. The molecule has 0 heterocycles. The standard InChI is InChI=1S/C31H48O2/c1-8-23(20(2)3)10-9-21(4)27-13-14-28-26-12-11-24-19-25(33-22(5)32)15-17-30(24,6)29(26)16-18-31(27,28)7/h9-10,12,21,23-25,27-29H,2,8,11,13-19H2,1,3-7H3/b10-9+/t21-,23-,24?,25-,27?,28?,29?,30-,31+/m0/s1. The minimum atomic E-state index is -0.113. The molecule has 0 aromatic heterocycles. The van der Waals surface area contributed by atoms with Gasteiger partial charge in [-0.15, -0.1) is 0 Å². The molecule has 4 rings (SSSR count). The first kappa shape index (κ1) is 24.8. The number of rotatable bonds is 6. The Morgan fingerprint density at radius 3 is 2.48 bits per heavy atom. The molecule has 33 heavy (non-hydrogen) atoms. The molecule has 3 saturated carbocycles. The van der Waals surface area contributed by atoms with Crippen LogP contribution < -0.4 is 0 Å². The van der Waals surface area contributed by atoms with Crippen molar-refractivity contribution >= 4 is 5.97 Å². The predicted molar refractivity (Wildman–Crippen MR) is 138 cm³/mol. The fraction of sp³-hybridized carbons (Fsp3) is 0.774. The number of hydrogen-bond acceptors (Lipinski definition) is 2. The minimum absolute atomic E-state index is 0.113. The van der Waals surface area contributed by atoms with Crippen molar-refractivity contribution in [1.82, 2.24) is 0 Å². The van der Waals surface area contributed by atoms with Gasteiger partial charge in [0, 0.05) is 6.92 Å². The van der Waals surface area contributed by atoms with E-state index in [0.29, 0.717) is 28.6 Å². The summed E-state index contributed by atoms with van der Waals surface area (Å²) < 4.78 is 5.64. The van der Waals surface area contributed by atoms with Crippen LogP contribution in [0.4, 0.5) is 0 Å². The Morgan fingerprint density at radius 2 is 1.82 bits per heavy atom. The quantitative estimate of drug-likeness (QED) is 0.299. The molecule has 0 N–H and O–H groups in total. The maximum Gasteiger partial charge on any atom is 0.302 e. The second kappa shape index (κ2) is 9.38. The molecule has 0 aliphatic heterocycles. The van der Waals surface area contributed by atoms with E-state index in [0.717, 1.165) is 37.0 Å². The Bertz CT molecular complexity index is 821. The third-order valence-electron chi connectivity index (χ3n) is 10.8. The fourth-order valence-corrected chi connectivity index (χ4v) is 8.81. The van der Waals surface area contributed by atoms with Gasteiger partial charge < -0.3 is 4.74 Å². The maximum atomic E-state index is 11.5. The molecule has 2 nitrogen and oxygen atoms in total. The highest BCUT2D eigenvalue weighted by Gasteiger charge is 2.58. The Hall–Kier alpha value is -1.31. The van der Waals surface area contributed by atoms with Crippen molar-refractivity contribution in [3.8, 4) is 0 Å². The minimum Gasteiger partial charge on any atom is -0.463 e. The molecule has 2 heteroatoms. The molecule has 0 bridgehead atoms. The summed E-state index contributed by atoms with van der Waals surface area (Å²) in [5.74, 6) is 4.01. The van der Waals surface area contributed by atoms with E-state index in [1.54, 1.807) is 6.92 Å². The lowest BCUT2D eigenvalue weighted by Crippen LogP contribution is -2.50. The third kappa shape index (κ3) is 4.41. The van der Waals surface area contributed by atoms with Gasteiger partial charge in [-0.3, -0.25) is 4.79 Å². The summed E-state index contributed by atoms with van der Waals surface area (Å²) in [7, 11) is 0. The molecule has 0 amide bonds. The van der Waals surface area contributed by atoms with Gasteiger partial charge in [0.05, 0.1) is 0 Å². The number of carbonyl (C=O) groups is 1. The van der Waals surface area contributed by atoms with Gasteiger partial charge in [0.2, 0.25) is 0 Å². The maximum absolute atomic E-state index is 11.5. The molecule has 0 aromatic carbocycles. The van der Waals surface area contributed by atoms with Crippen molar-refractivity contribution in [2.75, 3.05) is 0 Å². The van der Waals surface area contributed by atoms with Crippen LogP contribution in [0.15, 0.2) is 36.0 Å². The van der Waals surface area contributed by atoms with E-state index in [1.807, 2.05) is 5.57 Å². The van der Waals surface area contributed by atoms with E-state index in [9.17, 15) is 4.79 Å². The summed E-state index contributed by atoms with van der Waals surface area (Å²) in [6.07, 6.45) is 18.9. The summed E-state index contributed by atoms with van der Waals surface area (Å²) in [6.45, 7) is 17.9. The normalized spacial score (nSPS) is 42.0. The fourth-order valence-electron chi connectivity index (χ4n) is 8.81. The summed E-state index contributed by atoms with van der Waals surface area (Å²) in [5, 5.41) is 0. The Labute approximate surface area is 203 Å². The third-order valence-corrected chi connectivity index (χ3v) is 10.8. The highest BCUT2D eigenvalue weighted by Crippen LogP contribution is 2.66. The van der Waals surface area contributed by atoms with E-state index < -0.39 is 0 Å². The van der Waals surface area contributed by atoms with Crippen molar-refractivity contribution in [2.45, 2.75) is 105 Å². The molecular weight excluding hydrogens is 404 g/mol. The predicted octanol–water partition coefficient (Wildman–Crippen LogP) is 8.29. The molecule has 4 aliphatic rings. The van der Waals surface area contributed by atoms with Gasteiger partial charge in [0.1, 0.15) is 6.10 Å². The van der Waals surface area contributed by atoms with Crippen molar-refractivity contribution < 1.29 is 9.53 Å². The molecular formula is C31H48O2. The molecule has 184 valence electrons. The zero-order chi connectivity index (χ0) is 24.0. The van der Waals surface area contributed by atoms with Crippen molar-refractivity contribution in [3.63, 3.8) is 0 Å². The lowest BCUT2D eigenvalue weighted by molar-refractivity contribution is -0.152. The largest absolute Gasteiger partial charge is 0.463 e. The topological polar surface area (TPSA) is 26.3 Å². The van der Waals surface area contributed by atoms with E-state index in [4.69, 9.17) is 4.74 Å². The number of allylic oxidation sites excluding steroid dienone is 5. The van der Waals surface area contributed by atoms with Gasteiger partial charge in [-0.2, -0.15) is 0 Å². The molecule has 9 atom stereocenters. The summed E-state index contributed by atoms with van der Waals surface area (Å²) in [5.41, 5.74) is 3.94. The summed E-state index contributed by atoms with van der Waals surface area (Å²) in [4.78, 5) is 11.5. The van der Waals surface area contributed by atoms with E-state index in [1.165, 1.54) is 44.1 Å². The number of carbonyl (C=O) groups excluding carboxylic acids is 1. The SMILES string of the molecule is C=C(C)[C@H](/C=C/[C@H](C)C1CCC2C3=CCC4C[C@@H](OC(C)=O)CC[C@]4(C)C3CC[C@@]21C)CC. The number of esters is 1. The van der Waals surface area contributed by atoms with Crippen LogP contribution in [0.2, 0.25) is 0 Å². The van der Waals surface area contributed by atoms with Gasteiger partial charge in [0.15, 0.2) is 0 Å². The summed E-state index contributed by atoms with van der Waals surface area (Å²) >= 11 is 0. The van der Waals surface area contributed by atoms with Crippen LogP contribution in [0, 0.1) is 46.3 Å². The van der Waals surface area contributed by atoms with Crippen molar-refractivity contribution in [1.29, 1.82) is 0 Å². The molecule has 4 aliphatic carbocycles. The molecule has 4 unspecified atom stereocenters. The highest BCUT2D eigenvalue weighted by atomic mass is 16.5. The zero-order valence-electron chi connectivity index (χ0n) is 22.2. The lowest BCUT2D eigenvalue weighted by atomic mass is 9.47. The Balaban J connectivity index is 1.51. The molecule has 0 radical (unpaired) electrons. The number of hydrogen-bond donors (Lipinski definition) is 0. The molecule has 3 fully saturated rings. The highest BCUT2D eigenvalue weighted by molar-refractivity contribution is 5.66. The average molecular weight is 453 g/mol. The second-order valence-corrected chi connectivity index (χ2v) is 12.6. The van der Waals surface area contributed by atoms with Crippen LogP contribution in [0.5, 0.6) is 0 Å². The van der Waals surface area contributed by atoms with Crippen molar-refractivity contribution in [3.05, 3.63) is 36.0 Å². The first-order chi connectivity index (χ1) is 15.6. The monoisotopic (exact) mass is 452 g/mol. The van der Waals surface area contributed by atoms with E-state index in [-0.39, 0.29) is 12.1 Å². The second-order valence-electron chi connectivity index (χ2n) is 12.6. The van der Waals surface area contributed by atoms with Gasteiger partial charge >= 0.3 is 5.97 Å². The average Bonchev–Trinajstić information content (AvgIpc) is 3.11. The van der Waals surface area contributed by atoms with Crippen LogP contribution in [0.25, 0.3) is 0 Å². The lowest BCUT2D eigenvalue weighted by Gasteiger charge is -2.58. The Morgan fingerprint density at radius 1 is 1.12 bits per heavy atom. The number of fused-ring (bicyclic) bond motifs is 5. The molecule has 0 aromatic rings. The Kier molecular flexibility index (Phi) is 7.05. The van der Waals surface area contributed by atoms with Gasteiger partial charge in [-0.1, -0.05) is 63.6 Å². The van der Waals surface area contributed by atoms with E-state index >= 15 is 0 Å². The van der Waals surface area contributed by atoms with Crippen LogP contribution >= 0.6 is 0 Å². The van der Waals surface area contributed by atoms with Crippen LogP contribution in [0.1, 0.15) is 99.3 Å². The first-order valence-electron chi connectivity index (χ1n) is 13.8. The van der Waals surface area contributed by atoms with Crippen LogP contribution in [-0.2, 0) is 9.53 Å². The van der Waals surface area contributed by atoms with Crippen molar-refractivity contribution in [2.24, 2.45) is 46.3 Å². The smallest absolute Gasteiger partial charge is 0.302 e. The molecule has 0 spiro atoms. The van der Waals surface area contributed by atoms with Gasteiger partial charge in [-0.05, 0) is 111 Å². The van der Waals surface area contributed by atoms with E-state index in [2.05, 4.69) is 59.4 Å². The van der Waals surface area contributed by atoms with Gasteiger partial charge in [-0.25, -0.2) is 0 Å². The van der Waals surface area contributed by atoms with Crippen LogP contribution in [0.3, 0.4) is 0 Å². The van der Waals surface area contributed by atoms with Crippen LogP contribution in [-0.4, -0.2) is 12.1 Å². The molecule has 0 saturated heterocycles.